The second kappa shape index (κ2) is 8.16. The van der Waals surface area contributed by atoms with Crippen LogP contribution in [-0.2, 0) is 9.59 Å². The van der Waals surface area contributed by atoms with Gasteiger partial charge >= 0.3 is 0 Å². The van der Waals surface area contributed by atoms with Gasteiger partial charge in [0.05, 0.1) is 11.1 Å². The van der Waals surface area contributed by atoms with E-state index in [2.05, 4.69) is 16.0 Å². The Balaban J connectivity index is 1.60. The summed E-state index contributed by atoms with van der Waals surface area (Å²) in [4.78, 5) is 50.8. The van der Waals surface area contributed by atoms with Gasteiger partial charge in [0.1, 0.15) is 6.54 Å². The molecule has 1 aromatic heterocycles. The van der Waals surface area contributed by atoms with Crippen molar-refractivity contribution in [1.29, 1.82) is 0 Å². The lowest BCUT2D eigenvalue weighted by atomic mass is 10.1. The summed E-state index contributed by atoms with van der Waals surface area (Å²) in [6.45, 7) is 0.394. The third kappa shape index (κ3) is 3.77. The van der Waals surface area contributed by atoms with Crippen molar-refractivity contribution in [1.82, 2.24) is 25.5 Å². The number of hydrogen-bond acceptors (Lipinski definition) is 5. The van der Waals surface area contributed by atoms with Crippen LogP contribution in [0.3, 0.4) is 0 Å². The number of rotatable bonds is 4. The molecule has 1 aliphatic heterocycles. The fourth-order valence-electron chi connectivity index (χ4n) is 3.37. The summed E-state index contributed by atoms with van der Waals surface area (Å²) in [5.41, 5.74) is 4.78. The van der Waals surface area contributed by atoms with Gasteiger partial charge in [0.2, 0.25) is 5.91 Å². The molecule has 2 N–H and O–H groups in total. The number of hydrazine groups is 1. The second-order valence-electron chi connectivity index (χ2n) is 6.87. The molecular weight excluding hydrogens is 386 g/mol. The molecule has 2 aromatic carbocycles. The predicted molar refractivity (Wildman–Crippen MR) is 109 cm³/mol. The molecule has 9 heteroatoms. The number of nitrogens with zero attached hydrogens (tertiary/aromatic N) is 3. The zero-order valence-electron chi connectivity index (χ0n) is 16.0. The molecule has 9 nitrogen and oxygen atoms in total. The first-order valence-electron chi connectivity index (χ1n) is 9.49. The van der Waals surface area contributed by atoms with Gasteiger partial charge in [-0.05, 0) is 24.6 Å². The Morgan fingerprint density at radius 2 is 1.63 bits per heavy atom. The SMILES string of the molecule is O=C(CN1CCCC1=O)NNC(=O)c1nn(-c2ccccc2)c(=O)c2ccccc12. The predicted octanol–water partition coefficient (Wildman–Crippen LogP) is 0.769. The Labute approximate surface area is 171 Å². The van der Waals surface area contributed by atoms with E-state index in [1.165, 1.54) is 4.90 Å². The van der Waals surface area contributed by atoms with Crippen LogP contribution < -0.4 is 16.4 Å². The van der Waals surface area contributed by atoms with Crippen molar-refractivity contribution in [2.45, 2.75) is 12.8 Å². The summed E-state index contributed by atoms with van der Waals surface area (Å²) in [6.07, 6.45) is 1.14. The maximum atomic E-state index is 12.9. The quantitative estimate of drug-likeness (QED) is 0.623. The van der Waals surface area contributed by atoms with Gasteiger partial charge in [-0.15, -0.1) is 0 Å². The van der Waals surface area contributed by atoms with Crippen LogP contribution in [-0.4, -0.2) is 45.5 Å². The molecule has 1 aliphatic rings. The Bertz CT molecular complexity index is 1190. The van der Waals surface area contributed by atoms with Gasteiger partial charge in [0.25, 0.3) is 17.4 Å². The zero-order valence-corrected chi connectivity index (χ0v) is 16.0. The highest BCUT2D eigenvalue weighted by atomic mass is 16.2. The van der Waals surface area contributed by atoms with E-state index in [0.29, 0.717) is 29.4 Å². The first-order valence-corrected chi connectivity index (χ1v) is 9.49. The summed E-state index contributed by atoms with van der Waals surface area (Å²) in [6, 6.07) is 15.4. The Kier molecular flexibility index (Phi) is 5.25. The van der Waals surface area contributed by atoms with Crippen LogP contribution in [0.1, 0.15) is 23.3 Å². The van der Waals surface area contributed by atoms with E-state index in [-0.39, 0.29) is 23.7 Å². The number of para-hydroxylation sites is 1. The lowest BCUT2D eigenvalue weighted by Crippen LogP contribution is -2.47. The molecule has 2 heterocycles. The maximum Gasteiger partial charge on any atom is 0.290 e. The third-order valence-corrected chi connectivity index (χ3v) is 4.84. The molecule has 30 heavy (non-hydrogen) atoms. The number of benzene rings is 2. The van der Waals surface area contributed by atoms with E-state index in [4.69, 9.17) is 0 Å². The summed E-state index contributed by atoms with van der Waals surface area (Å²) in [5.74, 6) is -1.27. The molecule has 0 aliphatic carbocycles. The van der Waals surface area contributed by atoms with Crippen molar-refractivity contribution in [3.8, 4) is 5.69 Å². The lowest BCUT2D eigenvalue weighted by Gasteiger charge is -2.15. The van der Waals surface area contributed by atoms with Crippen LogP contribution in [0, 0.1) is 0 Å². The molecule has 1 fully saturated rings. The number of nitrogens with one attached hydrogen (secondary N) is 2. The van der Waals surface area contributed by atoms with Gasteiger partial charge in [0.15, 0.2) is 5.69 Å². The van der Waals surface area contributed by atoms with Crippen LogP contribution in [0.15, 0.2) is 59.4 Å². The van der Waals surface area contributed by atoms with Gasteiger partial charge in [-0.1, -0.05) is 36.4 Å². The average molecular weight is 405 g/mol. The van der Waals surface area contributed by atoms with Crippen LogP contribution in [0.2, 0.25) is 0 Å². The van der Waals surface area contributed by atoms with Crippen molar-refractivity contribution in [2.75, 3.05) is 13.1 Å². The second-order valence-corrected chi connectivity index (χ2v) is 6.87. The minimum atomic E-state index is -0.669. The monoisotopic (exact) mass is 405 g/mol. The first-order chi connectivity index (χ1) is 14.5. The molecular formula is C21H19N5O4. The van der Waals surface area contributed by atoms with Crippen LogP contribution in [0.25, 0.3) is 16.5 Å². The standard InChI is InChI=1S/C21H19N5O4/c27-17(13-25-12-6-11-18(25)28)22-23-20(29)19-15-9-4-5-10-16(15)21(30)26(24-19)14-7-2-1-3-8-14/h1-5,7-10H,6,11-13H2,(H,22,27)(H,23,29). The first kappa shape index (κ1) is 19.3. The minimum absolute atomic E-state index is 0.00778. The number of hydrogen-bond donors (Lipinski definition) is 2. The van der Waals surface area contributed by atoms with Crippen molar-refractivity contribution in [3.05, 3.63) is 70.6 Å². The highest BCUT2D eigenvalue weighted by molar-refractivity contribution is 6.05. The van der Waals surface area contributed by atoms with E-state index < -0.39 is 11.8 Å². The molecule has 0 spiro atoms. The minimum Gasteiger partial charge on any atom is -0.333 e. The lowest BCUT2D eigenvalue weighted by molar-refractivity contribution is -0.133. The fourth-order valence-corrected chi connectivity index (χ4v) is 3.37. The molecule has 1 saturated heterocycles. The molecule has 0 unspecified atom stereocenters. The number of fused-ring (bicyclic) bond motifs is 1. The number of aromatic nitrogens is 2. The Morgan fingerprint density at radius 1 is 0.933 bits per heavy atom. The van der Waals surface area contributed by atoms with Crippen molar-refractivity contribution >= 4 is 28.5 Å². The van der Waals surface area contributed by atoms with E-state index in [1.807, 2.05) is 6.07 Å². The highest BCUT2D eigenvalue weighted by Gasteiger charge is 2.23. The molecule has 152 valence electrons. The molecule has 0 atom stereocenters. The van der Waals surface area contributed by atoms with Crippen molar-refractivity contribution < 1.29 is 14.4 Å². The highest BCUT2D eigenvalue weighted by Crippen LogP contribution is 2.15. The molecule has 3 aromatic rings. The summed E-state index contributed by atoms with van der Waals surface area (Å²) in [5, 5.41) is 4.94. The fraction of sp³-hybridized carbons (Fsp3) is 0.190. The van der Waals surface area contributed by atoms with Crippen molar-refractivity contribution in [2.24, 2.45) is 0 Å². The smallest absolute Gasteiger partial charge is 0.290 e. The van der Waals surface area contributed by atoms with E-state index in [9.17, 15) is 19.2 Å². The zero-order chi connectivity index (χ0) is 21.1. The Hall–Kier alpha value is -4.01. The van der Waals surface area contributed by atoms with E-state index >= 15 is 0 Å². The van der Waals surface area contributed by atoms with Crippen molar-refractivity contribution in [3.63, 3.8) is 0 Å². The topological polar surface area (TPSA) is 113 Å². The summed E-state index contributed by atoms with van der Waals surface area (Å²) < 4.78 is 1.15. The Morgan fingerprint density at radius 3 is 2.33 bits per heavy atom. The van der Waals surface area contributed by atoms with Gasteiger partial charge in [-0.3, -0.25) is 30.0 Å². The molecule has 4 rings (SSSR count). The number of amides is 3. The molecule has 3 amide bonds. The number of likely N-dealkylation sites (tertiary alicyclic amines) is 1. The van der Waals surface area contributed by atoms with Gasteiger partial charge in [0, 0.05) is 18.4 Å². The average Bonchev–Trinajstić information content (AvgIpc) is 3.17. The van der Waals surface area contributed by atoms with Gasteiger partial charge < -0.3 is 4.90 Å². The normalized spacial score (nSPS) is 13.5. The van der Waals surface area contributed by atoms with Crippen LogP contribution >= 0.6 is 0 Å². The largest absolute Gasteiger partial charge is 0.333 e. The van der Waals surface area contributed by atoms with E-state index in [0.717, 1.165) is 11.1 Å². The molecule has 0 bridgehead atoms. The summed E-state index contributed by atoms with van der Waals surface area (Å²) >= 11 is 0. The van der Waals surface area contributed by atoms with Crippen LogP contribution in [0.5, 0.6) is 0 Å². The van der Waals surface area contributed by atoms with E-state index in [1.54, 1.807) is 48.5 Å². The van der Waals surface area contributed by atoms with Gasteiger partial charge in [-0.2, -0.15) is 9.78 Å². The van der Waals surface area contributed by atoms with Crippen LogP contribution in [0.4, 0.5) is 0 Å². The molecule has 0 saturated carbocycles. The molecule has 0 radical (unpaired) electrons. The number of carbonyl (C=O) groups excluding carboxylic acids is 3. The maximum absolute atomic E-state index is 12.9. The van der Waals surface area contributed by atoms with Gasteiger partial charge in [-0.25, -0.2) is 0 Å². The summed E-state index contributed by atoms with van der Waals surface area (Å²) in [7, 11) is 0. The third-order valence-electron chi connectivity index (χ3n) is 4.84. The number of carbonyl (C=O) groups is 3.